The summed E-state index contributed by atoms with van der Waals surface area (Å²) in [6, 6.07) is 8.99. The summed E-state index contributed by atoms with van der Waals surface area (Å²) in [7, 11) is 0. The first-order valence-electron chi connectivity index (χ1n) is 12.3. The highest BCUT2D eigenvalue weighted by molar-refractivity contribution is 7.18. The van der Waals surface area contributed by atoms with Gasteiger partial charge in [-0.3, -0.25) is 19.4 Å². The highest BCUT2D eigenvalue weighted by atomic mass is 32.1. The Bertz CT molecular complexity index is 1340. The second-order valence-electron chi connectivity index (χ2n) is 9.44. The Kier molecular flexibility index (Phi) is 7.30. The van der Waals surface area contributed by atoms with Gasteiger partial charge >= 0.3 is 6.18 Å². The van der Waals surface area contributed by atoms with E-state index in [0.29, 0.717) is 38.5 Å². The number of nitrogens with zero attached hydrogens (tertiary/aromatic N) is 4. The van der Waals surface area contributed by atoms with Gasteiger partial charge in [-0.2, -0.15) is 13.2 Å². The molecule has 202 valence electrons. The quantitative estimate of drug-likeness (QED) is 0.449. The monoisotopic (exact) mass is 548 g/mol. The van der Waals surface area contributed by atoms with Gasteiger partial charge in [-0.15, -0.1) is 11.3 Å². The maximum atomic E-state index is 13.8. The van der Waals surface area contributed by atoms with Crippen LogP contribution in [-0.4, -0.2) is 72.2 Å². The van der Waals surface area contributed by atoms with Crippen molar-refractivity contribution in [1.29, 1.82) is 0 Å². The van der Waals surface area contributed by atoms with Gasteiger partial charge in [0.15, 0.2) is 0 Å². The summed E-state index contributed by atoms with van der Waals surface area (Å²) in [5, 5.41) is 11.5. The fourth-order valence-electron chi connectivity index (χ4n) is 4.85. The molecule has 2 saturated heterocycles. The van der Waals surface area contributed by atoms with Crippen LogP contribution in [0.25, 0.3) is 10.2 Å². The van der Waals surface area contributed by atoms with Gasteiger partial charge in [0.25, 0.3) is 0 Å². The number of fused-ring (bicyclic) bond motifs is 1. The summed E-state index contributed by atoms with van der Waals surface area (Å²) < 4.78 is 48.2. The number of amides is 2. The smallest absolute Gasteiger partial charge is 0.418 e. The van der Waals surface area contributed by atoms with Gasteiger partial charge in [0, 0.05) is 51.6 Å². The van der Waals surface area contributed by atoms with E-state index < -0.39 is 29.7 Å². The van der Waals surface area contributed by atoms with Gasteiger partial charge < -0.3 is 14.7 Å². The van der Waals surface area contributed by atoms with Crippen molar-refractivity contribution in [2.24, 2.45) is 0 Å². The van der Waals surface area contributed by atoms with Gasteiger partial charge in [0.05, 0.1) is 32.2 Å². The molecule has 0 bridgehead atoms. The van der Waals surface area contributed by atoms with Crippen LogP contribution in [0.4, 0.5) is 24.5 Å². The third-order valence-corrected chi connectivity index (χ3v) is 7.64. The molecule has 5 rings (SSSR count). The van der Waals surface area contributed by atoms with Gasteiger partial charge in [0.1, 0.15) is 18.5 Å². The lowest BCUT2D eigenvalue weighted by Gasteiger charge is -2.38. The van der Waals surface area contributed by atoms with Crippen LogP contribution < -0.4 is 14.5 Å². The van der Waals surface area contributed by atoms with Crippen molar-refractivity contribution in [3.05, 3.63) is 47.0 Å². The number of hydrogen-bond acceptors (Lipinski definition) is 8. The summed E-state index contributed by atoms with van der Waals surface area (Å²) in [6.45, 7) is 3.78. The first-order valence-corrected chi connectivity index (χ1v) is 13.1. The summed E-state index contributed by atoms with van der Waals surface area (Å²) in [6.07, 6.45) is -5.26. The largest absolute Gasteiger partial charge is 0.491 e. The van der Waals surface area contributed by atoms with Crippen LogP contribution in [-0.2, 0) is 15.8 Å². The zero-order valence-corrected chi connectivity index (χ0v) is 21.5. The number of aliphatic hydroxyl groups excluding tert-OH is 1. The summed E-state index contributed by atoms with van der Waals surface area (Å²) in [5.41, 5.74) is 0.131. The Morgan fingerprint density at radius 3 is 2.45 bits per heavy atom. The minimum absolute atomic E-state index is 0.0546. The predicted octanol–water partition coefficient (Wildman–Crippen LogP) is 3.84. The molecule has 3 heterocycles. The van der Waals surface area contributed by atoms with E-state index in [9.17, 15) is 27.9 Å². The Balaban J connectivity index is 1.20. The Labute approximate surface area is 221 Å². The molecule has 3 aromatic rings. The lowest BCUT2D eigenvalue weighted by atomic mass is 10.1. The van der Waals surface area contributed by atoms with Crippen molar-refractivity contribution < 1.29 is 32.6 Å². The Morgan fingerprint density at radius 2 is 1.76 bits per heavy atom. The standard InChI is InChI=1S/C26H27F3N4O4S/c1-16-30-21-13-19(3-5-23(21)38-16)37-15-18(34)14-31-8-10-32(11-9-31)22-12-17(2-4-20(22)26(27,28)29)33-24(35)6-7-25(33)36/h2-5,12-13,18,34H,6-11,14-15H2,1H3/t18-/m1/s1. The van der Waals surface area contributed by atoms with Crippen molar-refractivity contribution in [1.82, 2.24) is 9.88 Å². The number of alkyl halides is 3. The van der Waals surface area contributed by atoms with Gasteiger partial charge in [-0.05, 0) is 37.3 Å². The summed E-state index contributed by atoms with van der Waals surface area (Å²) >= 11 is 1.60. The molecule has 2 aliphatic heterocycles. The number of rotatable bonds is 7. The SMILES string of the molecule is Cc1nc2cc(OC[C@H](O)CN3CCN(c4cc(N5C(=O)CCC5=O)ccc4C(F)(F)F)CC3)ccc2s1. The minimum atomic E-state index is -4.59. The van der Waals surface area contributed by atoms with E-state index in [1.807, 2.05) is 30.0 Å². The predicted molar refractivity (Wildman–Crippen MR) is 138 cm³/mol. The molecule has 1 atom stereocenters. The third-order valence-electron chi connectivity index (χ3n) is 6.69. The fraction of sp³-hybridized carbons (Fsp3) is 0.423. The molecule has 12 heteroatoms. The molecule has 0 spiro atoms. The number of benzene rings is 2. The molecule has 1 N–H and O–H groups in total. The van der Waals surface area contributed by atoms with E-state index in [2.05, 4.69) is 4.98 Å². The molecular formula is C26H27F3N4O4S. The van der Waals surface area contributed by atoms with E-state index in [-0.39, 0.29) is 30.8 Å². The number of carbonyl (C=O) groups is 2. The highest BCUT2D eigenvalue weighted by Crippen LogP contribution is 2.40. The van der Waals surface area contributed by atoms with Gasteiger partial charge in [-0.1, -0.05) is 0 Å². The number of β-amino-alcohol motifs (C(OH)–C–C–N with tert-alkyl or cyclic N) is 1. The molecule has 0 aliphatic carbocycles. The molecule has 0 radical (unpaired) electrons. The number of carbonyl (C=O) groups excluding carboxylic acids is 2. The number of hydrogen-bond donors (Lipinski definition) is 1. The van der Waals surface area contributed by atoms with Gasteiger partial charge in [-0.25, -0.2) is 4.98 Å². The molecule has 2 aromatic carbocycles. The van der Waals surface area contributed by atoms with Crippen molar-refractivity contribution in [2.45, 2.75) is 32.0 Å². The number of anilines is 2. The second kappa shape index (κ2) is 10.5. The zero-order chi connectivity index (χ0) is 27.0. The van der Waals surface area contributed by atoms with Gasteiger partial charge in [0.2, 0.25) is 11.8 Å². The molecule has 2 amide bonds. The lowest BCUT2D eigenvalue weighted by molar-refractivity contribution is -0.137. The van der Waals surface area contributed by atoms with E-state index >= 15 is 0 Å². The van der Waals surface area contributed by atoms with Crippen molar-refractivity contribution in [2.75, 3.05) is 49.1 Å². The number of ether oxygens (including phenoxy) is 1. The molecule has 2 aliphatic rings. The van der Waals surface area contributed by atoms with Crippen molar-refractivity contribution in [3.63, 3.8) is 0 Å². The molecule has 2 fully saturated rings. The van der Waals surface area contributed by atoms with Crippen LogP contribution in [0.15, 0.2) is 36.4 Å². The third kappa shape index (κ3) is 5.62. The van der Waals surface area contributed by atoms with Crippen LogP contribution >= 0.6 is 11.3 Å². The summed E-state index contributed by atoms with van der Waals surface area (Å²) in [5.74, 6) is -0.215. The van der Waals surface area contributed by atoms with E-state index in [1.54, 1.807) is 16.2 Å². The normalized spacial score (nSPS) is 18.0. The molecule has 0 unspecified atom stereocenters. The zero-order valence-electron chi connectivity index (χ0n) is 20.7. The van der Waals surface area contributed by atoms with E-state index in [0.717, 1.165) is 26.2 Å². The van der Waals surface area contributed by atoms with Crippen molar-refractivity contribution >= 4 is 44.7 Å². The number of imide groups is 1. The number of aliphatic hydroxyl groups is 1. The molecule has 8 nitrogen and oxygen atoms in total. The molecular weight excluding hydrogens is 521 g/mol. The summed E-state index contributed by atoms with van der Waals surface area (Å²) in [4.78, 5) is 33.2. The van der Waals surface area contributed by atoms with Crippen molar-refractivity contribution in [3.8, 4) is 5.75 Å². The first-order chi connectivity index (χ1) is 18.1. The minimum Gasteiger partial charge on any atom is -0.491 e. The second-order valence-corrected chi connectivity index (χ2v) is 10.7. The van der Waals surface area contributed by atoms with Crippen LogP contribution in [0.5, 0.6) is 5.75 Å². The average molecular weight is 549 g/mol. The Morgan fingerprint density at radius 1 is 1.05 bits per heavy atom. The fourth-order valence-corrected chi connectivity index (χ4v) is 5.66. The van der Waals surface area contributed by atoms with Crippen LogP contribution in [0, 0.1) is 6.92 Å². The number of halogens is 3. The van der Waals surface area contributed by atoms with Crippen LogP contribution in [0.2, 0.25) is 0 Å². The topological polar surface area (TPSA) is 86.2 Å². The van der Waals surface area contributed by atoms with Crippen LogP contribution in [0.1, 0.15) is 23.4 Å². The number of aryl methyl sites for hydroxylation is 1. The maximum absolute atomic E-state index is 13.8. The number of piperazine rings is 1. The Hall–Kier alpha value is -3.22. The molecule has 0 saturated carbocycles. The first kappa shape index (κ1) is 26.4. The van der Waals surface area contributed by atoms with E-state index in [1.165, 1.54) is 12.1 Å². The number of aromatic nitrogens is 1. The molecule has 1 aromatic heterocycles. The average Bonchev–Trinajstić information content (AvgIpc) is 3.41. The maximum Gasteiger partial charge on any atom is 0.418 e. The molecule has 38 heavy (non-hydrogen) atoms. The highest BCUT2D eigenvalue weighted by Gasteiger charge is 2.37. The van der Waals surface area contributed by atoms with Crippen LogP contribution in [0.3, 0.4) is 0 Å². The number of thiazole rings is 1. The lowest BCUT2D eigenvalue weighted by Crippen LogP contribution is -2.49. The van der Waals surface area contributed by atoms with E-state index in [4.69, 9.17) is 4.74 Å².